The highest BCUT2D eigenvalue weighted by atomic mass is 35.5. The number of anilines is 2. The van der Waals surface area contributed by atoms with Gasteiger partial charge in [-0.15, -0.1) is 5.10 Å². The molecule has 0 radical (unpaired) electrons. The minimum Gasteiger partial charge on any atom is -0.487 e. The van der Waals surface area contributed by atoms with Gasteiger partial charge in [0.05, 0.1) is 16.7 Å². The first kappa shape index (κ1) is 27.3. The molecule has 2 aromatic heterocycles. The zero-order valence-electron chi connectivity index (χ0n) is 22.4. The summed E-state index contributed by atoms with van der Waals surface area (Å²) < 4.78 is 19.2. The van der Waals surface area contributed by atoms with Gasteiger partial charge in [-0.2, -0.15) is 5.10 Å². The number of halogens is 2. The fourth-order valence-electron chi connectivity index (χ4n) is 4.87. The van der Waals surface area contributed by atoms with Crippen LogP contribution in [0.15, 0.2) is 48.7 Å². The molecular formula is C29H35ClFN7O. The zero-order chi connectivity index (χ0) is 27.2. The number of H-pyrrole nitrogens is 1. The molecular weight excluding hydrogens is 517 g/mol. The molecule has 8 nitrogen and oxygen atoms in total. The number of hydrogen-bond donors (Lipinski definition) is 3. The Morgan fingerprint density at radius 1 is 1.13 bits per heavy atom. The van der Waals surface area contributed by atoms with Gasteiger partial charge in [0.15, 0.2) is 5.82 Å². The highest BCUT2D eigenvalue weighted by Gasteiger charge is 2.15. The van der Waals surface area contributed by atoms with Gasteiger partial charge in [0.25, 0.3) is 0 Å². The summed E-state index contributed by atoms with van der Waals surface area (Å²) in [7, 11) is 2.19. The molecule has 1 aliphatic heterocycles. The van der Waals surface area contributed by atoms with E-state index in [1.807, 2.05) is 12.1 Å². The fourth-order valence-corrected chi connectivity index (χ4v) is 5.10. The molecule has 0 unspecified atom stereocenters. The molecule has 39 heavy (non-hydrogen) atoms. The van der Waals surface area contributed by atoms with Crippen LogP contribution in [0.1, 0.15) is 23.2 Å². The number of aryl methyl sites for hydroxylation is 1. The predicted octanol–water partition coefficient (Wildman–Crippen LogP) is 5.11. The summed E-state index contributed by atoms with van der Waals surface area (Å²) in [5, 5.41) is 16.9. The van der Waals surface area contributed by atoms with Crippen molar-refractivity contribution in [3.63, 3.8) is 0 Å². The predicted molar refractivity (Wildman–Crippen MR) is 154 cm³/mol. The Kier molecular flexibility index (Phi) is 8.93. The summed E-state index contributed by atoms with van der Waals surface area (Å²) >= 11 is 6.49. The van der Waals surface area contributed by atoms with Gasteiger partial charge in [-0.05, 0) is 74.9 Å². The van der Waals surface area contributed by atoms with Gasteiger partial charge in [0, 0.05) is 49.5 Å². The molecule has 1 aliphatic rings. The van der Waals surface area contributed by atoms with Crippen LogP contribution in [-0.4, -0.2) is 71.3 Å². The Balaban J connectivity index is 1.18. The molecule has 2 aromatic carbocycles. The van der Waals surface area contributed by atoms with Gasteiger partial charge < -0.3 is 30.2 Å². The highest BCUT2D eigenvalue weighted by Crippen LogP contribution is 2.32. The second kappa shape index (κ2) is 12.7. The van der Waals surface area contributed by atoms with Gasteiger partial charge in [0.2, 0.25) is 0 Å². The second-order valence-electron chi connectivity index (χ2n) is 10.1. The Bertz CT molecular complexity index is 1400. The Morgan fingerprint density at radius 3 is 2.77 bits per heavy atom. The molecule has 5 rings (SSSR count). The maximum absolute atomic E-state index is 13.4. The van der Waals surface area contributed by atoms with Crippen LogP contribution in [0.2, 0.25) is 5.02 Å². The van der Waals surface area contributed by atoms with Gasteiger partial charge in [0.1, 0.15) is 18.2 Å². The van der Waals surface area contributed by atoms with Crippen LogP contribution in [0.3, 0.4) is 0 Å². The van der Waals surface area contributed by atoms with Crippen molar-refractivity contribution < 1.29 is 9.13 Å². The second-order valence-corrected chi connectivity index (χ2v) is 10.5. The summed E-state index contributed by atoms with van der Waals surface area (Å²) in [6, 6.07) is 11.8. The molecule has 206 valence electrons. The van der Waals surface area contributed by atoms with Crippen LogP contribution in [0, 0.1) is 12.7 Å². The van der Waals surface area contributed by atoms with E-state index in [4.69, 9.17) is 16.3 Å². The molecule has 4 aromatic rings. The molecule has 0 amide bonds. The first-order valence-corrected chi connectivity index (χ1v) is 13.7. The third kappa shape index (κ3) is 7.05. The van der Waals surface area contributed by atoms with Crippen molar-refractivity contribution in [1.29, 1.82) is 0 Å². The largest absolute Gasteiger partial charge is 0.487 e. The lowest BCUT2D eigenvalue weighted by Gasteiger charge is -2.32. The number of fused-ring (bicyclic) bond motifs is 1. The molecule has 0 bridgehead atoms. The van der Waals surface area contributed by atoms with Crippen molar-refractivity contribution in [2.45, 2.75) is 26.5 Å². The van der Waals surface area contributed by atoms with Crippen molar-refractivity contribution in [2.24, 2.45) is 0 Å². The van der Waals surface area contributed by atoms with Crippen molar-refractivity contribution in [3.8, 4) is 5.75 Å². The summed E-state index contributed by atoms with van der Waals surface area (Å²) in [6.07, 6.45) is 2.88. The van der Waals surface area contributed by atoms with E-state index < -0.39 is 0 Å². The number of nitrogens with one attached hydrogen (secondary N) is 3. The maximum atomic E-state index is 13.4. The maximum Gasteiger partial charge on any atom is 0.162 e. The molecule has 3 N–H and O–H groups in total. The number of rotatable bonds is 11. The first-order chi connectivity index (χ1) is 19.0. The van der Waals surface area contributed by atoms with Crippen LogP contribution >= 0.6 is 11.6 Å². The molecule has 0 aliphatic carbocycles. The number of aromatic nitrogens is 3. The monoisotopic (exact) mass is 551 g/mol. The molecule has 1 fully saturated rings. The van der Waals surface area contributed by atoms with E-state index in [9.17, 15) is 4.39 Å². The average Bonchev–Trinajstić information content (AvgIpc) is 3.25. The normalized spacial score (nSPS) is 14.7. The van der Waals surface area contributed by atoms with E-state index in [0.717, 1.165) is 85.6 Å². The zero-order valence-corrected chi connectivity index (χ0v) is 23.2. The van der Waals surface area contributed by atoms with Crippen LogP contribution in [0.5, 0.6) is 5.75 Å². The molecule has 3 heterocycles. The minimum atomic E-state index is -0.294. The van der Waals surface area contributed by atoms with Crippen molar-refractivity contribution in [1.82, 2.24) is 30.3 Å². The van der Waals surface area contributed by atoms with E-state index in [1.165, 1.54) is 12.1 Å². The summed E-state index contributed by atoms with van der Waals surface area (Å²) in [5.41, 5.74) is 4.69. The van der Waals surface area contributed by atoms with E-state index in [1.54, 1.807) is 24.4 Å². The van der Waals surface area contributed by atoms with Crippen molar-refractivity contribution in [2.75, 3.05) is 51.6 Å². The number of ether oxygens (including phenoxy) is 1. The quantitative estimate of drug-likeness (QED) is 0.224. The SMILES string of the molecule is Cc1c(CNCCCN2CCN(C)CC2)[nH]c2cnnc(Nc3ccc(OCc4cccc(F)c4)c(Cl)c3)c12. The molecule has 10 heteroatoms. The third-order valence-corrected chi connectivity index (χ3v) is 7.46. The Labute approximate surface area is 233 Å². The number of benzene rings is 2. The minimum absolute atomic E-state index is 0.226. The number of aromatic amines is 1. The topological polar surface area (TPSA) is 81.3 Å². The molecule has 1 saturated heterocycles. The molecule has 0 saturated carbocycles. The number of piperazine rings is 1. The summed E-state index contributed by atoms with van der Waals surface area (Å²) in [5.74, 6) is 0.888. The lowest BCUT2D eigenvalue weighted by Crippen LogP contribution is -2.45. The third-order valence-electron chi connectivity index (χ3n) is 7.17. The highest BCUT2D eigenvalue weighted by molar-refractivity contribution is 6.32. The van der Waals surface area contributed by atoms with Crippen LogP contribution < -0.4 is 15.4 Å². The summed E-state index contributed by atoms with van der Waals surface area (Å²) in [4.78, 5) is 8.42. The van der Waals surface area contributed by atoms with Gasteiger partial charge >= 0.3 is 0 Å². The van der Waals surface area contributed by atoms with Crippen LogP contribution in [0.25, 0.3) is 10.9 Å². The number of nitrogens with zero attached hydrogens (tertiary/aromatic N) is 4. The average molecular weight is 552 g/mol. The van der Waals surface area contributed by atoms with Gasteiger partial charge in [-0.1, -0.05) is 23.7 Å². The van der Waals surface area contributed by atoms with E-state index in [0.29, 0.717) is 16.6 Å². The van der Waals surface area contributed by atoms with E-state index in [-0.39, 0.29) is 12.4 Å². The van der Waals surface area contributed by atoms with Crippen LogP contribution in [-0.2, 0) is 13.2 Å². The number of likely N-dealkylation sites (N-methyl/N-ethyl adjacent to an activating group) is 1. The standard InChI is InChI=1S/C29H35ClFN7O/c1-20-25(17-32-9-4-10-38-13-11-37(2)12-14-38)35-26-18-33-36-29(28(20)26)34-23-7-8-27(24(30)16-23)39-19-21-5-3-6-22(31)15-21/h3,5-8,15-16,18,32,35H,4,9-14,17,19H2,1-2H3,(H,34,36). The Morgan fingerprint density at radius 2 is 1.97 bits per heavy atom. The summed E-state index contributed by atoms with van der Waals surface area (Å²) in [6.45, 7) is 9.80. The molecule has 0 atom stereocenters. The Hall–Kier alpha value is -3.24. The lowest BCUT2D eigenvalue weighted by atomic mass is 10.2. The molecule has 0 spiro atoms. The number of hydrogen-bond acceptors (Lipinski definition) is 7. The van der Waals surface area contributed by atoms with Gasteiger partial charge in [-0.25, -0.2) is 4.39 Å². The van der Waals surface area contributed by atoms with Gasteiger partial charge in [-0.3, -0.25) is 0 Å². The van der Waals surface area contributed by atoms with Crippen molar-refractivity contribution in [3.05, 3.63) is 76.3 Å². The van der Waals surface area contributed by atoms with E-state index in [2.05, 4.69) is 49.6 Å². The fraction of sp³-hybridized carbons (Fsp3) is 0.379. The first-order valence-electron chi connectivity index (χ1n) is 13.3. The van der Waals surface area contributed by atoms with Crippen LogP contribution in [0.4, 0.5) is 15.9 Å². The smallest absolute Gasteiger partial charge is 0.162 e. The lowest BCUT2D eigenvalue weighted by molar-refractivity contribution is 0.152. The van der Waals surface area contributed by atoms with Crippen molar-refractivity contribution >= 4 is 34.0 Å². The van der Waals surface area contributed by atoms with E-state index >= 15 is 0 Å².